The highest BCUT2D eigenvalue weighted by Gasteiger charge is 2.04. The molecule has 1 aromatic carbocycles. The number of esters is 1. The quantitative estimate of drug-likeness (QED) is 0.448. The van der Waals surface area contributed by atoms with Gasteiger partial charge in [0.2, 0.25) is 0 Å². The topological polar surface area (TPSA) is 88.4 Å². The van der Waals surface area contributed by atoms with Gasteiger partial charge in [0.15, 0.2) is 6.61 Å². The Morgan fingerprint density at radius 3 is 2.68 bits per heavy atom. The summed E-state index contributed by atoms with van der Waals surface area (Å²) in [5.41, 5.74) is 0.818. The average Bonchev–Trinajstić information content (AvgIpc) is 2.53. The van der Waals surface area contributed by atoms with E-state index in [0.717, 1.165) is 11.3 Å². The second-order valence-electron chi connectivity index (χ2n) is 4.20. The Labute approximate surface area is 129 Å². The van der Waals surface area contributed by atoms with Crippen LogP contribution in [0.4, 0.5) is 0 Å². The third kappa shape index (κ3) is 7.10. The minimum absolute atomic E-state index is 0.220. The van der Waals surface area contributed by atoms with Crippen LogP contribution in [0, 0.1) is 11.3 Å². The molecule has 0 saturated heterocycles. The summed E-state index contributed by atoms with van der Waals surface area (Å²) in [6.07, 6.45) is 3.06. The molecular weight excluding hydrogens is 284 g/mol. The van der Waals surface area contributed by atoms with Gasteiger partial charge in [-0.25, -0.2) is 4.79 Å². The van der Waals surface area contributed by atoms with Crippen molar-refractivity contribution in [3.05, 3.63) is 35.9 Å². The van der Waals surface area contributed by atoms with Crippen LogP contribution in [0.15, 0.2) is 30.3 Å². The number of carbonyl (C=O) groups is 2. The Kier molecular flexibility index (Phi) is 7.83. The molecule has 0 aliphatic rings. The van der Waals surface area contributed by atoms with Gasteiger partial charge in [0, 0.05) is 12.6 Å². The van der Waals surface area contributed by atoms with Crippen molar-refractivity contribution in [1.29, 1.82) is 5.26 Å². The molecule has 0 unspecified atom stereocenters. The fourth-order valence-electron chi connectivity index (χ4n) is 1.50. The summed E-state index contributed by atoms with van der Waals surface area (Å²) in [5.74, 6) is -0.279. The molecule has 1 N–H and O–H groups in total. The summed E-state index contributed by atoms with van der Waals surface area (Å²) >= 11 is 0. The van der Waals surface area contributed by atoms with Gasteiger partial charge in [0.05, 0.1) is 19.1 Å². The van der Waals surface area contributed by atoms with E-state index in [0.29, 0.717) is 6.61 Å². The zero-order valence-electron chi connectivity index (χ0n) is 12.4. The molecule has 1 aromatic rings. The van der Waals surface area contributed by atoms with E-state index in [9.17, 15) is 9.59 Å². The summed E-state index contributed by atoms with van der Waals surface area (Å²) in [6, 6.07) is 9.12. The first-order chi connectivity index (χ1) is 10.7. The van der Waals surface area contributed by atoms with E-state index in [4.69, 9.17) is 14.7 Å². The number of hydrogen-bond donors (Lipinski definition) is 1. The van der Waals surface area contributed by atoms with Crippen molar-refractivity contribution in [3.8, 4) is 11.8 Å². The Hall–Kier alpha value is -2.81. The average molecular weight is 302 g/mol. The van der Waals surface area contributed by atoms with Crippen molar-refractivity contribution in [2.45, 2.75) is 13.3 Å². The van der Waals surface area contributed by atoms with Crippen molar-refractivity contribution in [1.82, 2.24) is 5.32 Å². The normalized spacial score (nSPS) is 10.0. The standard InChI is InChI=1S/C16H18N2O4/c1-2-21-14-7-4-13(5-8-14)6-9-16(20)22-12-15(19)18-11-3-10-17/h4-9H,2-3,11-12H2,1H3,(H,18,19)/b9-6+. The smallest absolute Gasteiger partial charge is 0.331 e. The lowest BCUT2D eigenvalue weighted by Crippen LogP contribution is -2.29. The number of nitrogens with one attached hydrogen (secondary N) is 1. The van der Waals surface area contributed by atoms with Crippen molar-refractivity contribution >= 4 is 18.0 Å². The largest absolute Gasteiger partial charge is 0.494 e. The number of amides is 1. The summed E-state index contributed by atoms with van der Waals surface area (Å²) in [7, 11) is 0. The zero-order chi connectivity index (χ0) is 16.2. The fourth-order valence-corrected chi connectivity index (χ4v) is 1.50. The fraction of sp³-hybridized carbons (Fsp3) is 0.312. The van der Waals surface area contributed by atoms with Gasteiger partial charge in [-0.3, -0.25) is 4.79 Å². The van der Waals surface area contributed by atoms with Gasteiger partial charge in [0.1, 0.15) is 5.75 Å². The maximum Gasteiger partial charge on any atom is 0.331 e. The molecule has 0 aliphatic heterocycles. The van der Waals surface area contributed by atoms with Crippen LogP contribution in [0.5, 0.6) is 5.75 Å². The van der Waals surface area contributed by atoms with Crippen LogP contribution in [0.2, 0.25) is 0 Å². The van der Waals surface area contributed by atoms with Crippen molar-refractivity contribution < 1.29 is 19.1 Å². The third-order valence-corrected chi connectivity index (χ3v) is 2.51. The number of rotatable bonds is 8. The first-order valence-corrected chi connectivity index (χ1v) is 6.87. The van der Waals surface area contributed by atoms with Gasteiger partial charge < -0.3 is 14.8 Å². The van der Waals surface area contributed by atoms with Gasteiger partial charge >= 0.3 is 5.97 Å². The van der Waals surface area contributed by atoms with E-state index in [1.165, 1.54) is 6.08 Å². The lowest BCUT2D eigenvalue weighted by molar-refractivity contribution is -0.143. The van der Waals surface area contributed by atoms with Crippen LogP contribution in [-0.2, 0) is 14.3 Å². The molecular formula is C16H18N2O4. The number of carbonyl (C=O) groups excluding carboxylic acids is 2. The molecule has 0 bridgehead atoms. The molecule has 1 rings (SSSR count). The molecule has 1 amide bonds. The Morgan fingerprint density at radius 2 is 2.05 bits per heavy atom. The van der Waals surface area contributed by atoms with Gasteiger partial charge in [0.25, 0.3) is 5.91 Å². The van der Waals surface area contributed by atoms with Gasteiger partial charge in [-0.05, 0) is 30.7 Å². The van der Waals surface area contributed by atoms with Gasteiger partial charge in [-0.15, -0.1) is 0 Å². The number of nitriles is 1. The minimum atomic E-state index is -0.607. The van der Waals surface area contributed by atoms with Crippen molar-refractivity contribution in [3.63, 3.8) is 0 Å². The molecule has 0 heterocycles. The third-order valence-electron chi connectivity index (χ3n) is 2.51. The van der Waals surface area contributed by atoms with Crippen LogP contribution in [0.3, 0.4) is 0 Å². The van der Waals surface area contributed by atoms with Crippen LogP contribution >= 0.6 is 0 Å². The predicted molar refractivity (Wildman–Crippen MR) is 80.8 cm³/mol. The molecule has 0 saturated carbocycles. The van der Waals surface area contributed by atoms with Crippen LogP contribution in [-0.4, -0.2) is 31.6 Å². The summed E-state index contributed by atoms with van der Waals surface area (Å²) in [6.45, 7) is 2.38. The van der Waals surface area contributed by atoms with Crippen LogP contribution < -0.4 is 10.1 Å². The van der Waals surface area contributed by atoms with E-state index in [1.54, 1.807) is 18.2 Å². The van der Waals surface area contributed by atoms with E-state index in [-0.39, 0.29) is 19.6 Å². The van der Waals surface area contributed by atoms with E-state index < -0.39 is 11.9 Å². The molecule has 0 radical (unpaired) electrons. The minimum Gasteiger partial charge on any atom is -0.494 e. The predicted octanol–water partition coefficient (Wildman–Crippen LogP) is 1.67. The summed E-state index contributed by atoms with van der Waals surface area (Å²) < 4.78 is 10.1. The first-order valence-electron chi connectivity index (χ1n) is 6.87. The highest BCUT2D eigenvalue weighted by molar-refractivity contribution is 5.89. The molecule has 6 nitrogen and oxygen atoms in total. The SMILES string of the molecule is CCOc1ccc(/C=C/C(=O)OCC(=O)NCCC#N)cc1. The van der Waals surface area contributed by atoms with E-state index >= 15 is 0 Å². The zero-order valence-corrected chi connectivity index (χ0v) is 12.4. The monoisotopic (exact) mass is 302 g/mol. The number of hydrogen-bond acceptors (Lipinski definition) is 5. The Bertz CT molecular complexity index is 559. The molecule has 0 aliphatic carbocycles. The second kappa shape index (κ2) is 10.00. The number of ether oxygens (including phenoxy) is 2. The van der Waals surface area contributed by atoms with Crippen LogP contribution in [0.25, 0.3) is 6.08 Å². The first kappa shape index (κ1) is 17.2. The summed E-state index contributed by atoms with van der Waals surface area (Å²) in [5, 5.41) is 10.8. The van der Waals surface area contributed by atoms with E-state index in [1.807, 2.05) is 25.1 Å². The maximum absolute atomic E-state index is 11.5. The molecule has 0 atom stereocenters. The van der Waals surface area contributed by atoms with Crippen LogP contribution in [0.1, 0.15) is 18.9 Å². The highest BCUT2D eigenvalue weighted by atomic mass is 16.5. The molecule has 0 fully saturated rings. The maximum atomic E-state index is 11.5. The molecule has 6 heteroatoms. The molecule has 22 heavy (non-hydrogen) atoms. The summed E-state index contributed by atoms with van der Waals surface area (Å²) in [4.78, 5) is 22.7. The second-order valence-corrected chi connectivity index (χ2v) is 4.20. The molecule has 116 valence electrons. The van der Waals surface area contributed by atoms with Gasteiger partial charge in [-0.1, -0.05) is 12.1 Å². The van der Waals surface area contributed by atoms with Crippen molar-refractivity contribution in [2.24, 2.45) is 0 Å². The van der Waals surface area contributed by atoms with Crippen molar-refractivity contribution in [2.75, 3.05) is 19.8 Å². The van der Waals surface area contributed by atoms with Gasteiger partial charge in [-0.2, -0.15) is 5.26 Å². The highest BCUT2D eigenvalue weighted by Crippen LogP contribution is 2.12. The van der Waals surface area contributed by atoms with E-state index in [2.05, 4.69) is 5.32 Å². The number of benzene rings is 1. The Morgan fingerprint density at radius 1 is 1.32 bits per heavy atom. The molecule has 0 spiro atoms. The lowest BCUT2D eigenvalue weighted by Gasteiger charge is -2.03. The Balaban J connectivity index is 2.34. The number of nitrogens with zero attached hydrogens (tertiary/aromatic N) is 1. The molecule has 0 aromatic heterocycles. The lowest BCUT2D eigenvalue weighted by atomic mass is 10.2.